The van der Waals surface area contributed by atoms with Crippen LogP contribution in [-0.4, -0.2) is 38.4 Å². The van der Waals surface area contributed by atoms with Gasteiger partial charge in [0.1, 0.15) is 10.6 Å². The largest absolute Gasteiger partial charge is 0.382 e. The van der Waals surface area contributed by atoms with E-state index in [0.29, 0.717) is 17.6 Å². The molecule has 0 fully saturated rings. The van der Waals surface area contributed by atoms with Crippen molar-refractivity contribution in [1.82, 2.24) is 9.29 Å². The van der Waals surface area contributed by atoms with Crippen LogP contribution in [0.4, 0.5) is 0 Å². The van der Waals surface area contributed by atoms with Crippen LogP contribution in [0.1, 0.15) is 26.3 Å². The van der Waals surface area contributed by atoms with Crippen molar-refractivity contribution in [3.05, 3.63) is 66.4 Å². The van der Waals surface area contributed by atoms with Gasteiger partial charge in [0.2, 0.25) is 10.0 Å². The SMILES string of the molecule is CCS(=O)(=O)Oc1cccc(CN(CC(C)C)S(=O)(=O)c2cccc3cccnc23)c1. The number of hydrogen-bond acceptors (Lipinski definition) is 6. The lowest BCUT2D eigenvalue weighted by Crippen LogP contribution is -2.34. The molecule has 0 aliphatic carbocycles. The Morgan fingerprint density at radius 3 is 2.42 bits per heavy atom. The first-order chi connectivity index (χ1) is 14.6. The summed E-state index contributed by atoms with van der Waals surface area (Å²) in [5.41, 5.74) is 1.05. The van der Waals surface area contributed by atoms with Crippen LogP contribution < -0.4 is 4.18 Å². The van der Waals surface area contributed by atoms with E-state index < -0.39 is 20.1 Å². The van der Waals surface area contributed by atoms with Crippen molar-refractivity contribution in [2.75, 3.05) is 12.3 Å². The van der Waals surface area contributed by atoms with Crippen LogP contribution in [0.15, 0.2) is 65.7 Å². The highest BCUT2D eigenvalue weighted by Gasteiger charge is 2.28. The first-order valence-corrected chi connectivity index (χ1v) is 13.0. The highest BCUT2D eigenvalue weighted by Crippen LogP contribution is 2.27. The van der Waals surface area contributed by atoms with E-state index in [1.807, 2.05) is 26.0 Å². The standard InChI is InChI=1S/C22H26N2O5S2/c1-4-30(25,26)29-20-11-5-8-18(14-20)16-24(15-17(2)3)31(27,28)21-12-6-9-19-10-7-13-23-22(19)21/h5-14,17H,4,15-16H2,1-3H3. The minimum absolute atomic E-state index is 0.0765. The summed E-state index contributed by atoms with van der Waals surface area (Å²) >= 11 is 0. The molecule has 0 radical (unpaired) electrons. The van der Waals surface area contributed by atoms with E-state index in [2.05, 4.69) is 4.98 Å². The van der Waals surface area contributed by atoms with Gasteiger partial charge >= 0.3 is 10.1 Å². The summed E-state index contributed by atoms with van der Waals surface area (Å²) in [5, 5.41) is 0.744. The van der Waals surface area contributed by atoms with Gasteiger partial charge in [0, 0.05) is 24.7 Å². The molecule has 0 aliphatic heterocycles. The smallest absolute Gasteiger partial charge is 0.308 e. The highest BCUT2D eigenvalue weighted by atomic mass is 32.2. The first-order valence-electron chi connectivity index (χ1n) is 9.97. The molecule has 3 rings (SSSR count). The Bertz CT molecular complexity index is 1270. The molecule has 0 atom stereocenters. The van der Waals surface area contributed by atoms with Crippen molar-refractivity contribution in [2.45, 2.75) is 32.2 Å². The normalized spacial score (nSPS) is 12.5. The second-order valence-corrected chi connectivity index (χ2v) is 11.4. The first kappa shape index (κ1) is 23.2. The van der Waals surface area contributed by atoms with E-state index in [1.54, 1.807) is 42.6 Å². The second-order valence-electron chi connectivity index (χ2n) is 7.60. The molecule has 31 heavy (non-hydrogen) atoms. The predicted molar refractivity (Wildman–Crippen MR) is 121 cm³/mol. The Morgan fingerprint density at radius 1 is 1.00 bits per heavy atom. The molecule has 9 heteroatoms. The monoisotopic (exact) mass is 462 g/mol. The molecule has 1 aromatic heterocycles. The Kier molecular flexibility index (Phi) is 6.98. The molecule has 3 aromatic rings. The molecule has 7 nitrogen and oxygen atoms in total. The molecule has 0 N–H and O–H groups in total. The number of sulfonamides is 1. The van der Waals surface area contributed by atoms with E-state index in [9.17, 15) is 16.8 Å². The summed E-state index contributed by atoms with van der Waals surface area (Å²) in [6, 6.07) is 15.2. The Morgan fingerprint density at radius 2 is 1.71 bits per heavy atom. The predicted octanol–water partition coefficient (Wildman–Crippen LogP) is 3.81. The molecule has 0 bridgehead atoms. The third-order valence-corrected chi connectivity index (χ3v) is 7.61. The third-order valence-electron chi connectivity index (χ3n) is 4.62. The average Bonchev–Trinajstić information content (AvgIpc) is 2.72. The maximum Gasteiger partial charge on any atom is 0.308 e. The lowest BCUT2D eigenvalue weighted by Gasteiger charge is -2.24. The molecule has 2 aromatic carbocycles. The van der Waals surface area contributed by atoms with Crippen LogP contribution in [0.25, 0.3) is 10.9 Å². The molecule has 0 saturated carbocycles. The molecule has 0 aliphatic rings. The minimum atomic E-state index is -3.86. The van der Waals surface area contributed by atoms with Gasteiger partial charge in [0.15, 0.2) is 0 Å². The number of aromatic nitrogens is 1. The number of fused-ring (bicyclic) bond motifs is 1. The van der Waals surface area contributed by atoms with Crippen LogP contribution in [0.2, 0.25) is 0 Å². The Labute approximate surface area is 183 Å². The molecule has 0 unspecified atom stereocenters. The highest BCUT2D eigenvalue weighted by molar-refractivity contribution is 7.89. The van der Waals surface area contributed by atoms with Gasteiger partial charge < -0.3 is 4.18 Å². The van der Waals surface area contributed by atoms with E-state index in [-0.39, 0.29) is 28.9 Å². The summed E-state index contributed by atoms with van der Waals surface area (Å²) in [5.74, 6) is 0.0878. The van der Waals surface area contributed by atoms with Gasteiger partial charge in [-0.25, -0.2) is 8.42 Å². The lowest BCUT2D eigenvalue weighted by molar-refractivity contribution is 0.362. The zero-order valence-electron chi connectivity index (χ0n) is 17.7. The number of nitrogens with zero attached hydrogens (tertiary/aromatic N) is 2. The number of benzene rings is 2. The Hall–Kier alpha value is -2.49. The molecular formula is C22H26N2O5S2. The second kappa shape index (κ2) is 9.33. The number of rotatable bonds is 9. The van der Waals surface area contributed by atoms with Gasteiger partial charge in [-0.1, -0.05) is 44.2 Å². The van der Waals surface area contributed by atoms with E-state index in [4.69, 9.17) is 4.18 Å². The van der Waals surface area contributed by atoms with Crippen molar-refractivity contribution >= 4 is 31.0 Å². The zero-order chi connectivity index (χ0) is 22.6. The molecule has 0 amide bonds. The Balaban J connectivity index is 1.99. The fourth-order valence-corrected chi connectivity index (χ4v) is 5.45. The zero-order valence-corrected chi connectivity index (χ0v) is 19.4. The van der Waals surface area contributed by atoms with Crippen LogP contribution in [0, 0.1) is 5.92 Å². The summed E-state index contributed by atoms with van der Waals surface area (Å²) in [6.07, 6.45) is 1.57. The fraction of sp³-hybridized carbons (Fsp3) is 0.318. The number of hydrogen-bond donors (Lipinski definition) is 0. The van der Waals surface area contributed by atoms with Gasteiger partial charge in [0.05, 0.1) is 11.3 Å². The molecule has 166 valence electrons. The van der Waals surface area contributed by atoms with Crippen molar-refractivity contribution in [3.8, 4) is 5.75 Å². The maximum atomic E-state index is 13.6. The van der Waals surface area contributed by atoms with E-state index in [1.165, 1.54) is 17.3 Å². The molecule has 0 saturated heterocycles. The van der Waals surface area contributed by atoms with Gasteiger partial charge in [-0.15, -0.1) is 0 Å². The molecule has 1 heterocycles. The number of para-hydroxylation sites is 1. The molecular weight excluding hydrogens is 436 g/mol. The summed E-state index contributed by atoms with van der Waals surface area (Å²) in [6.45, 7) is 5.75. The van der Waals surface area contributed by atoms with Crippen LogP contribution in [0.3, 0.4) is 0 Å². The van der Waals surface area contributed by atoms with Crippen molar-refractivity contribution < 1.29 is 21.0 Å². The fourth-order valence-electron chi connectivity index (χ4n) is 3.18. The average molecular weight is 463 g/mol. The summed E-state index contributed by atoms with van der Waals surface area (Å²) < 4.78 is 57.2. The minimum Gasteiger partial charge on any atom is -0.382 e. The van der Waals surface area contributed by atoms with Crippen molar-refractivity contribution in [2.24, 2.45) is 5.92 Å². The van der Waals surface area contributed by atoms with E-state index in [0.717, 1.165) is 5.39 Å². The topological polar surface area (TPSA) is 93.6 Å². The quantitative estimate of drug-likeness (QED) is 0.449. The summed E-state index contributed by atoms with van der Waals surface area (Å²) in [4.78, 5) is 4.43. The van der Waals surface area contributed by atoms with Crippen LogP contribution >= 0.6 is 0 Å². The van der Waals surface area contributed by atoms with Gasteiger partial charge in [0.25, 0.3) is 0 Å². The van der Waals surface area contributed by atoms with Crippen molar-refractivity contribution in [3.63, 3.8) is 0 Å². The van der Waals surface area contributed by atoms with Crippen LogP contribution in [0.5, 0.6) is 5.75 Å². The lowest BCUT2D eigenvalue weighted by atomic mass is 10.2. The third kappa shape index (κ3) is 5.61. The van der Waals surface area contributed by atoms with Crippen LogP contribution in [-0.2, 0) is 26.7 Å². The van der Waals surface area contributed by atoms with Gasteiger partial charge in [-0.05, 0) is 42.7 Å². The van der Waals surface area contributed by atoms with Crippen molar-refractivity contribution in [1.29, 1.82) is 0 Å². The van der Waals surface area contributed by atoms with Gasteiger partial charge in [-0.2, -0.15) is 12.7 Å². The van der Waals surface area contributed by atoms with Gasteiger partial charge in [-0.3, -0.25) is 4.98 Å². The van der Waals surface area contributed by atoms with E-state index >= 15 is 0 Å². The number of pyridine rings is 1. The molecule has 0 spiro atoms. The maximum absolute atomic E-state index is 13.6. The summed E-state index contributed by atoms with van der Waals surface area (Å²) in [7, 11) is -7.53.